The number of hydrogen-bond donors (Lipinski definition) is 3. The molecule has 0 bridgehead atoms. The van der Waals surface area contributed by atoms with E-state index < -0.39 is 44.7 Å². The molecule has 2 fully saturated rings. The molecule has 1 atom stereocenters. The molecule has 5 aromatic rings. The molecule has 2 aliphatic heterocycles. The Morgan fingerprint density at radius 2 is 1.04 bits per heavy atom. The fraction of sp³-hybridized carbons (Fsp3) is 0.396. The molecule has 2 amide bonds. The van der Waals surface area contributed by atoms with Crippen LogP contribution < -0.4 is 52.6 Å². The highest BCUT2D eigenvalue weighted by Gasteiger charge is 2.35. The first kappa shape index (κ1) is 55.0. The van der Waals surface area contributed by atoms with Crippen LogP contribution in [0.15, 0.2) is 69.9 Å². The Bertz CT molecular complexity index is 2990. The minimum atomic E-state index is -5.60. The molecular weight excluding hydrogens is 1010 g/mol. The Balaban J connectivity index is 1.04. The lowest BCUT2D eigenvalue weighted by atomic mass is 10.1. The Morgan fingerprint density at radius 1 is 0.554 bits per heavy atom. The topological polar surface area (TPSA) is 274 Å². The second-order valence-electron chi connectivity index (χ2n) is 16.6. The van der Waals surface area contributed by atoms with Crippen LogP contribution in [-0.2, 0) is 36.1 Å². The van der Waals surface area contributed by atoms with E-state index in [1.54, 1.807) is 50.4 Å². The summed E-state index contributed by atoms with van der Waals surface area (Å²) in [5, 5.41) is -0.434. The molecule has 74 heavy (non-hydrogen) atoms. The monoisotopic (exact) mass is 1070 g/mol. The molecule has 4 aromatic carbocycles. The number of rotatable bonds is 22. The summed E-state index contributed by atoms with van der Waals surface area (Å²) >= 11 is 0. The summed E-state index contributed by atoms with van der Waals surface area (Å²) < 4.78 is 90.0. The van der Waals surface area contributed by atoms with Crippen LogP contribution >= 0.6 is 15.6 Å². The van der Waals surface area contributed by atoms with Crippen LogP contribution in [0.5, 0.6) is 57.5 Å². The van der Waals surface area contributed by atoms with E-state index in [4.69, 9.17) is 51.6 Å². The van der Waals surface area contributed by atoms with Crippen molar-refractivity contribution in [2.45, 2.75) is 13.1 Å². The van der Waals surface area contributed by atoms with Crippen LogP contribution in [0.2, 0.25) is 0 Å². The van der Waals surface area contributed by atoms with Gasteiger partial charge < -0.3 is 71.2 Å². The van der Waals surface area contributed by atoms with Crippen molar-refractivity contribution in [1.29, 1.82) is 0 Å². The van der Waals surface area contributed by atoms with E-state index in [0.29, 0.717) is 99.9 Å². The van der Waals surface area contributed by atoms with Crippen LogP contribution in [0.25, 0.3) is 22.3 Å². The number of carbonyl (C=O) groups is 2. The molecule has 1 aromatic heterocycles. The molecule has 7 rings (SSSR count). The van der Waals surface area contributed by atoms with E-state index in [1.165, 1.54) is 39.5 Å². The summed E-state index contributed by atoms with van der Waals surface area (Å²) in [5.74, 6) is 1.88. The second-order valence-corrected chi connectivity index (χ2v) is 19.4. The molecule has 0 spiro atoms. The lowest BCUT2D eigenvalue weighted by Gasteiger charge is -2.35. The fourth-order valence-corrected chi connectivity index (χ4v) is 10.2. The standard InChI is InChI=1S/C48H58N4O20P2/c1-61-35-11-8-30(22-39(35)69-29-43(55)52-20-16-50(17-21-52)27-32-10-13-37(63-3)48(67-7)46(32)65-5)38-25-34(53)44-40(70-38)23-33(24-41(44)71-74(59,60)72-73(56,57)58)68-28-42(54)51-18-14-49(15-19-51)26-31-9-12-36(62-2)47(66-6)45(31)64-4/h8-13,22-25H,14-21,26-29H2,1-7H3,(H,59,60)(H2,56,57,58). The van der Waals surface area contributed by atoms with E-state index in [1.807, 2.05) is 18.2 Å². The number of piperazine rings is 2. The van der Waals surface area contributed by atoms with Crippen LogP contribution in [0.1, 0.15) is 11.1 Å². The highest BCUT2D eigenvalue weighted by atomic mass is 31.3. The molecule has 0 radical (unpaired) electrons. The Kier molecular flexibility index (Phi) is 17.9. The van der Waals surface area contributed by atoms with Crippen molar-refractivity contribution in [3.63, 3.8) is 0 Å². The summed E-state index contributed by atoms with van der Waals surface area (Å²) in [6.45, 7) is 3.85. The van der Waals surface area contributed by atoms with E-state index in [9.17, 15) is 38.2 Å². The van der Waals surface area contributed by atoms with Crippen molar-refractivity contribution in [2.75, 3.05) is 115 Å². The first-order valence-electron chi connectivity index (χ1n) is 22.8. The molecule has 400 valence electrons. The number of phosphoric acid groups is 2. The Morgan fingerprint density at radius 3 is 1.51 bits per heavy atom. The normalized spacial score (nSPS) is 15.2. The van der Waals surface area contributed by atoms with Crippen molar-refractivity contribution in [2.24, 2.45) is 0 Å². The summed E-state index contributed by atoms with van der Waals surface area (Å²) in [4.78, 5) is 77.3. The van der Waals surface area contributed by atoms with E-state index in [-0.39, 0.29) is 46.7 Å². The molecule has 2 aliphatic rings. The van der Waals surface area contributed by atoms with Crippen LogP contribution in [0.3, 0.4) is 0 Å². The van der Waals surface area contributed by atoms with Gasteiger partial charge in [-0.3, -0.25) is 29.1 Å². The zero-order valence-corrected chi connectivity index (χ0v) is 43.5. The molecule has 2 saturated heterocycles. The maximum Gasteiger partial charge on any atom is 0.536 e. The van der Waals surface area contributed by atoms with Crippen molar-refractivity contribution in [3.8, 4) is 68.8 Å². The highest BCUT2D eigenvalue weighted by Crippen LogP contribution is 2.58. The molecule has 0 saturated carbocycles. The van der Waals surface area contributed by atoms with E-state index in [0.717, 1.165) is 23.3 Å². The molecule has 3 N–H and O–H groups in total. The van der Waals surface area contributed by atoms with Gasteiger partial charge in [0.15, 0.2) is 53.1 Å². The average Bonchev–Trinajstić information content (AvgIpc) is 3.38. The lowest BCUT2D eigenvalue weighted by molar-refractivity contribution is -0.135. The fourth-order valence-electron chi connectivity index (χ4n) is 8.58. The van der Waals surface area contributed by atoms with Gasteiger partial charge in [0.2, 0.25) is 11.5 Å². The van der Waals surface area contributed by atoms with E-state index >= 15 is 0 Å². The first-order valence-corrected chi connectivity index (χ1v) is 25.9. The van der Waals surface area contributed by atoms with Crippen molar-refractivity contribution in [3.05, 3.63) is 82.0 Å². The number of carbonyl (C=O) groups excluding carboxylic acids is 2. The number of ether oxygens (including phenoxy) is 9. The van der Waals surface area contributed by atoms with Gasteiger partial charge >= 0.3 is 15.6 Å². The third-order valence-electron chi connectivity index (χ3n) is 12.2. The van der Waals surface area contributed by atoms with E-state index in [2.05, 4.69) is 14.1 Å². The first-order chi connectivity index (χ1) is 35.4. The number of fused-ring (bicyclic) bond motifs is 1. The van der Waals surface area contributed by atoms with Gasteiger partial charge in [-0.05, 0) is 30.3 Å². The predicted molar refractivity (Wildman–Crippen MR) is 265 cm³/mol. The highest BCUT2D eigenvalue weighted by molar-refractivity contribution is 7.60. The van der Waals surface area contributed by atoms with Crippen molar-refractivity contribution < 1.29 is 89.3 Å². The third-order valence-corrected chi connectivity index (χ3v) is 14.3. The molecular formula is C48H58N4O20P2. The summed E-state index contributed by atoms with van der Waals surface area (Å²) in [5.41, 5.74) is 0.929. The lowest BCUT2D eigenvalue weighted by Crippen LogP contribution is -2.49. The predicted octanol–water partition coefficient (Wildman–Crippen LogP) is 4.56. The minimum Gasteiger partial charge on any atom is -0.493 e. The van der Waals surface area contributed by atoms with Gasteiger partial charge in [-0.15, -0.1) is 0 Å². The van der Waals surface area contributed by atoms with Crippen LogP contribution in [0.4, 0.5) is 0 Å². The van der Waals surface area contributed by atoms with Gasteiger partial charge in [-0.1, -0.05) is 12.1 Å². The number of phosphoric ester groups is 1. The molecule has 0 aliphatic carbocycles. The second kappa shape index (κ2) is 24.1. The largest absolute Gasteiger partial charge is 0.536 e. The zero-order chi connectivity index (χ0) is 53.3. The van der Waals surface area contributed by atoms with Gasteiger partial charge in [-0.2, -0.15) is 4.31 Å². The SMILES string of the molecule is COc1ccc(-c2cc(=O)c3c(OP(=O)(O)OP(=O)(O)O)cc(OCC(=O)N4CCN(Cc5ccc(OC)c(OC)c5OC)CC4)cc3o2)cc1OCC(=O)N1CCN(Cc2ccc(OC)c(OC)c2OC)CC1. The third kappa shape index (κ3) is 13.1. The molecule has 24 nitrogen and oxygen atoms in total. The van der Waals surface area contributed by atoms with Gasteiger partial charge in [0.1, 0.15) is 28.2 Å². The van der Waals surface area contributed by atoms with Crippen LogP contribution in [0, 0.1) is 0 Å². The zero-order valence-electron chi connectivity index (χ0n) is 41.7. The van der Waals surface area contributed by atoms with Crippen molar-refractivity contribution in [1.82, 2.24) is 19.6 Å². The quantitative estimate of drug-likeness (QED) is 0.0802. The van der Waals surface area contributed by atoms with Gasteiger partial charge in [0.05, 0.1) is 49.8 Å². The minimum absolute atomic E-state index is 0.0510. The number of benzene rings is 4. The van der Waals surface area contributed by atoms with Crippen LogP contribution in [-0.4, -0.2) is 161 Å². The summed E-state index contributed by atoms with van der Waals surface area (Å²) in [6.07, 6.45) is 0. The summed E-state index contributed by atoms with van der Waals surface area (Å²) in [7, 11) is -0.521. The smallest absolute Gasteiger partial charge is 0.493 e. The Labute approximate surface area is 425 Å². The number of amides is 2. The maximum absolute atomic E-state index is 13.8. The summed E-state index contributed by atoms with van der Waals surface area (Å²) in [6, 6.07) is 15.2. The average molecular weight is 1070 g/mol. The molecule has 26 heteroatoms. The molecule has 1 unspecified atom stereocenters. The number of methoxy groups -OCH3 is 7. The van der Waals surface area contributed by atoms with Gasteiger partial charge in [0.25, 0.3) is 11.8 Å². The maximum atomic E-state index is 13.8. The van der Waals surface area contributed by atoms with Crippen molar-refractivity contribution >= 4 is 38.4 Å². The van der Waals surface area contributed by atoms with Gasteiger partial charge in [0, 0.05) is 100 Å². The van der Waals surface area contributed by atoms with Gasteiger partial charge in [-0.25, -0.2) is 9.13 Å². The number of nitrogens with zero attached hydrogens (tertiary/aromatic N) is 4. The number of hydrogen-bond acceptors (Lipinski definition) is 19. The molecule has 3 heterocycles. The Hall–Kier alpha value is -6.75.